The molecular formula is C12H7ClF3N3O. The lowest BCUT2D eigenvalue weighted by Crippen LogP contribution is -2.17. The van der Waals surface area contributed by atoms with Crippen molar-refractivity contribution < 1.29 is 18.0 Å². The van der Waals surface area contributed by atoms with Crippen LogP contribution in [0.2, 0.25) is 5.02 Å². The average molecular weight is 302 g/mol. The monoisotopic (exact) mass is 301 g/mol. The van der Waals surface area contributed by atoms with Crippen molar-refractivity contribution in [1.82, 2.24) is 4.98 Å². The zero-order chi connectivity index (χ0) is 14.9. The van der Waals surface area contributed by atoms with E-state index in [9.17, 15) is 18.0 Å². The van der Waals surface area contributed by atoms with Gasteiger partial charge in [-0.1, -0.05) is 11.6 Å². The SMILES string of the molecule is Nc1ccc(Cl)c(C(=O)Nc2c(F)cc(F)cc2F)n1. The molecule has 0 atom stereocenters. The molecule has 1 amide bonds. The molecule has 3 N–H and O–H groups in total. The normalized spacial score (nSPS) is 10.4. The van der Waals surface area contributed by atoms with E-state index in [1.807, 2.05) is 5.32 Å². The van der Waals surface area contributed by atoms with Gasteiger partial charge in [0.15, 0.2) is 11.6 Å². The number of anilines is 2. The van der Waals surface area contributed by atoms with Crippen LogP contribution in [0.25, 0.3) is 0 Å². The Morgan fingerprint density at radius 2 is 1.80 bits per heavy atom. The fourth-order valence-corrected chi connectivity index (χ4v) is 1.64. The van der Waals surface area contributed by atoms with E-state index in [1.54, 1.807) is 0 Å². The number of carbonyl (C=O) groups excluding carboxylic acids is 1. The summed E-state index contributed by atoms with van der Waals surface area (Å²) in [7, 11) is 0. The first-order valence-electron chi connectivity index (χ1n) is 5.26. The van der Waals surface area contributed by atoms with Crippen LogP contribution in [0.15, 0.2) is 24.3 Å². The lowest BCUT2D eigenvalue weighted by molar-refractivity contribution is 0.102. The third-order valence-electron chi connectivity index (χ3n) is 2.33. The molecule has 0 aliphatic heterocycles. The maximum absolute atomic E-state index is 13.4. The summed E-state index contributed by atoms with van der Waals surface area (Å²) < 4.78 is 39.5. The predicted molar refractivity (Wildman–Crippen MR) is 67.9 cm³/mol. The van der Waals surface area contributed by atoms with Gasteiger partial charge in [-0.15, -0.1) is 0 Å². The van der Waals surface area contributed by atoms with Crippen molar-refractivity contribution in [3.05, 3.63) is 52.4 Å². The summed E-state index contributed by atoms with van der Waals surface area (Å²) in [4.78, 5) is 15.5. The van der Waals surface area contributed by atoms with Crippen LogP contribution in [0.3, 0.4) is 0 Å². The fourth-order valence-electron chi connectivity index (χ4n) is 1.45. The molecule has 0 spiro atoms. The number of nitrogen functional groups attached to an aromatic ring is 1. The third-order valence-corrected chi connectivity index (χ3v) is 2.63. The van der Waals surface area contributed by atoms with Gasteiger partial charge in [-0.3, -0.25) is 4.79 Å². The van der Waals surface area contributed by atoms with Crippen molar-refractivity contribution in [1.29, 1.82) is 0 Å². The molecule has 20 heavy (non-hydrogen) atoms. The minimum Gasteiger partial charge on any atom is -0.384 e. The minimum atomic E-state index is -1.25. The molecule has 1 aromatic heterocycles. The molecule has 0 aliphatic carbocycles. The first kappa shape index (κ1) is 14.1. The number of rotatable bonds is 2. The number of aromatic nitrogens is 1. The molecule has 0 radical (unpaired) electrons. The first-order valence-corrected chi connectivity index (χ1v) is 5.64. The molecule has 0 fully saturated rings. The summed E-state index contributed by atoms with van der Waals surface area (Å²) in [5.41, 5.74) is 4.30. The molecule has 1 aromatic carbocycles. The maximum atomic E-state index is 13.4. The molecule has 4 nitrogen and oxygen atoms in total. The molecule has 2 aromatic rings. The zero-order valence-corrected chi connectivity index (χ0v) is 10.5. The maximum Gasteiger partial charge on any atom is 0.276 e. The van der Waals surface area contributed by atoms with Gasteiger partial charge in [-0.05, 0) is 12.1 Å². The van der Waals surface area contributed by atoms with Crippen LogP contribution in [0, 0.1) is 17.5 Å². The van der Waals surface area contributed by atoms with E-state index in [1.165, 1.54) is 12.1 Å². The molecule has 1 heterocycles. The molecule has 2 rings (SSSR count). The lowest BCUT2D eigenvalue weighted by Gasteiger charge is -2.08. The number of nitrogens with two attached hydrogens (primary N) is 1. The number of benzene rings is 1. The van der Waals surface area contributed by atoms with E-state index in [0.29, 0.717) is 12.1 Å². The Labute approximate surface area is 116 Å². The minimum absolute atomic E-state index is 0.0135. The van der Waals surface area contributed by atoms with Gasteiger partial charge in [0.25, 0.3) is 5.91 Å². The van der Waals surface area contributed by atoms with Crippen molar-refractivity contribution in [2.45, 2.75) is 0 Å². The zero-order valence-electron chi connectivity index (χ0n) is 9.75. The van der Waals surface area contributed by atoms with Gasteiger partial charge in [0.05, 0.1) is 5.02 Å². The number of pyridine rings is 1. The van der Waals surface area contributed by atoms with Gasteiger partial charge in [0, 0.05) is 12.1 Å². The molecule has 8 heteroatoms. The highest BCUT2D eigenvalue weighted by Gasteiger charge is 2.18. The van der Waals surface area contributed by atoms with Crippen molar-refractivity contribution in [3.63, 3.8) is 0 Å². The van der Waals surface area contributed by atoms with Crippen LogP contribution in [0.5, 0.6) is 0 Å². The first-order chi connectivity index (χ1) is 9.38. The Bertz CT molecular complexity index is 671. The Balaban J connectivity index is 2.35. The lowest BCUT2D eigenvalue weighted by atomic mass is 10.2. The predicted octanol–water partition coefficient (Wildman–Crippen LogP) is 2.99. The number of amides is 1. The highest BCUT2D eigenvalue weighted by atomic mass is 35.5. The van der Waals surface area contributed by atoms with E-state index >= 15 is 0 Å². The summed E-state index contributed by atoms with van der Waals surface area (Å²) >= 11 is 5.74. The Morgan fingerprint density at radius 1 is 1.20 bits per heavy atom. The number of hydrogen-bond acceptors (Lipinski definition) is 3. The van der Waals surface area contributed by atoms with Crippen molar-refractivity contribution in [3.8, 4) is 0 Å². The molecule has 0 aliphatic rings. The second-order valence-corrected chi connectivity index (χ2v) is 4.17. The highest BCUT2D eigenvalue weighted by Crippen LogP contribution is 2.22. The van der Waals surface area contributed by atoms with Gasteiger partial charge < -0.3 is 11.1 Å². The topological polar surface area (TPSA) is 68.0 Å². The summed E-state index contributed by atoms with van der Waals surface area (Å²) in [6.45, 7) is 0. The standard InChI is InChI=1S/C12H7ClF3N3O/c13-6-1-2-9(17)18-10(6)12(20)19-11-7(15)3-5(14)4-8(11)16/h1-4H,(H2,17,18)(H,19,20). The van der Waals surface area contributed by atoms with Crippen LogP contribution in [0.4, 0.5) is 24.7 Å². The largest absolute Gasteiger partial charge is 0.384 e. The van der Waals surface area contributed by atoms with Crippen molar-refractivity contribution in [2.24, 2.45) is 0 Å². The van der Waals surface area contributed by atoms with Gasteiger partial charge >= 0.3 is 0 Å². The third kappa shape index (κ3) is 2.83. The van der Waals surface area contributed by atoms with Gasteiger partial charge in [-0.25, -0.2) is 18.2 Å². The van der Waals surface area contributed by atoms with E-state index in [2.05, 4.69) is 4.98 Å². The quantitative estimate of drug-likeness (QED) is 0.896. The van der Waals surface area contributed by atoms with Gasteiger partial charge in [0.2, 0.25) is 0 Å². The van der Waals surface area contributed by atoms with Crippen molar-refractivity contribution in [2.75, 3.05) is 11.1 Å². The number of nitrogens with zero attached hydrogens (tertiary/aromatic N) is 1. The number of halogens is 4. The number of hydrogen-bond donors (Lipinski definition) is 2. The molecule has 0 saturated heterocycles. The average Bonchev–Trinajstić information content (AvgIpc) is 2.36. The van der Waals surface area contributed by atoms with Gasteiger partial charge in [0.1, 0.15) is 23.0 Å². The summed E-state index contributed by atoms with van der Waals surface area (Å²) in [5, 5.41) is 1.89. The Hall–Kier alpha value is -2.28. The highest BCUT2D eigenvalue weighted by molar-refractivity contribution is 6.34. The summed E-state index contributed by atoms with van der Waals surface area (Å²) in [6.07, 6.45) is 0. The van der Waals surface area contributed by atoms with Crippen molar-refractivity contribution >= 4 is 29.0 Å². The van der Waals surface area contributed by atoms with Crippen LogP contribution >= 0.6 is 11.6 Å². The second-order valence-electron chi connectivity index (χ2n) is 3.77. The smallest absolute Gasteiger partial charge is 0.276 e. The Morgan fingerprint density at radius 3 is 2.40 bits per heavy atom. The molecular weight excluding hydrogens is 295 g/mol. The van der Waals surface area contributed by atoms with Gasteiger partial charge in [-0.2, -0.15) is 0 Å². The van der Waals surface area contributed by atoms with E-state index in [4.69, 9.17) is 17.3 Å². The molecule has 0 saturated carbocycles. The van der Waals surface area contributed by atoms with Crippen LogP contribution < -0.4 is 11.1 Å². The fraction of sp³-hybridized carbons (Fsp3) is 0. The van der Waals surface area contributed by atoms with Crippen LogP contribution in [0.1, 0.15) is 10.5 Å². The van der Waals surface area contributed by atoms with E-state index in [0.717, 1.165) is 0 Å². The number of carbonyl (C=O) groups is 1. The summed E-state index contributed by atoms with van der Waals surface area (Å²) in [6, 6.07) is 3.55. The molecule has 104 valence electrons. The van der Waals surface area contributed by atoms with E-state index < -0.39 is 29.0 Å². The molecule has 0 unspecified atom stereocenters. The Kier molecular flexibility index (Phi) is 3.80. The van der Waals surface area contributed by atoms with Crippen LogP contribution in [-0.4, -0.2) is 10.9 Å². The molecule has 0 bridgehead atoms. The van der Waals surface area contributed by atoms with Crippen LogP contribution in [-0.2, 0) is 0 Å². The summed E-state index contributed by atoms with van der Waals surface area (Å²) in [5.74, 6) is -4.56. The second kappa shape index (κ2) is 5.38. The number of nitrogens with one attached hydrogen (secondary N) is 1. The van der Waals surface area contributed by atoms with E-state index in [-0.39, 0.29) is 16.5 Å².